The van der Waals surface area contributed by atoms with Gasteiger partial charge < -0.3 is 15.0 Å². The summed E-state index contributed by atoms with van der Waals surface area (Å²) in [6.45, 7) is 3.28. The number of carbonyl (C=O) groups excluding carboxylic acids is 2. The van der Waals surface area contributed by atoms with E-state index in [2.05, 4.69) is 15.4 Å². The molecule has 1 unspecified atom stereocenters. The monoisotopic (exact) mass is 385 g/mol. The fourth-order valence-electron chi connectivity index (χ4n) is 3.50. The zero-order chi connectivity index (χ0) is 19.9. The van der Waals surface area contributed by atoms with E-state index in [9.17, 15) is 9.59 Å². The Morgan fingerprint density at radius 3 is 2.79 bits per heavy atom. The fourth-order valence-corrected chi connectivity index (χ4v) is 3.50. The number of benzene rings is 1. The van der Waals surface area contributed by atoms with Crippen LogP contribution in [0.3, 0.4) is 0 Å². The number of hydrogen-bond acceptors (Lipinski definition) is 5. The summed E-state index contributed by atoms with van der Waals surface area (Å²) in [5.74, 6) is 1.25. The maximum Gasteiger partial charge on any atom is 0.247 e. The van der Waals surface area contributed by atoms with E-state index in [-0.39, 0.29) is 17.9 Å². The third kappa shape index (κ3) is 5.09. The van der Waals surface area contributed by atoms with E-state index in [1.165, 1.54) is 6.33 Å². The molecule has 3 rings (SSSR count). The average molecular weight is 385 g/mol. The van der Waals surface area contributed by atoms with Gasteiger partial charge in [-0.05, 0) is 44.2 Å². The minimum atomic E-state index is -0.340. The highest BCUT2D eigenvalue weighted by atomic mass is 16.5. The number of hydrogen-bond donors (Lipinski definition) is 1. The van der Waals surface area contributed by atoms with Crippen molar-refractivity contribution < 1.29 is 14.3 Å². The van der Waals surface area contributed by atoms with Crippen molar-refractivity contribution in [2.45, 2.75) is 38.6 Å². The standard InChI is InChI=1S/C20H27N5O3/c1-15(25-14-21-13-22-25)20(27)24-10-8-16(9-11-24)6-7-19(26)23-17-4-3-5-18(12-17)28-2/h3-5,12-16H,6-11H2,1-2H3,(H,23,26). The van der Waals surface area contributed by atoms with E-state index in [4.69, 9.17) is 4.74 Å². The minimum absolute atomic E-state index is 0.00608. The number of rotatable bonds is 7. The Labute approximate surface area is 164 Å². The molecular formula is C20H27N5O3. The van der Waals surface area contributed by atoms with Crippen molar-refractivity contribution in [2.24, 2.45) is 5.92 Å². The number of aromatic nitrogens is 3. The van der Waals surface area contributed by atoms with E-state index in [1.807, 2.05) is 30.0 Å². The van der Waals surface area contributed by atoms with Crippen molar-refractivity contribution in [3.8, 4) is 5.75 Å². The molecule has 1 atom stereocenters. The lowest BCUT2D eigenvalue weighted by atomic mass is 9.91. The minimum Gasteiger partial charge on any atom is -0.497 e. The van der Waals surface area contributed by atoms with Crippen LogP contribution in [0.1, 0.15) is 38.6 Å². The molecule has 1 aromatic carbocycles. The maximum atomic E-state index is 12.6. The maximum absolute atomic E-state index is 12.6. The predicted octanol–water partition coefficient (Wildman–Crippen LogP) is 2.51. The Morgan fingerprint density at radius 1 is 1.32 bits per heavy atom. The summed E-state index contributed by atoms with van der Waals surface area (Å²) >= 11 is 0. The van der Waals surface area contributed by atoms with Gasteiger partial charge in [-0.25, -0.2) is 9.67 Å². The third-order valence-electron chi connectivity index (χ3n) is 5.25. The van der Waals surface area contributed by atoms with E-state index < -0.39 is 0 Å². The second-order valence-corrected chi connectivity index (χ2v) is 7.14. The number of carbonyl (C=O) groups is 2. The average Bonchev–Trinajstić information content (AvgIpc) is 3.26. The summed E-state index contributed by atoms with van der Waals surface area (Å²) in [4.78, 5) is 30.6. The summed E-state index contributed by atoms with van der Waals surface area (Å²) in [6, 6.07) is 7.00. The molecule has 1 aromatic heterocycles. The first kappa shape index (κ1) is 19.9. The molecule has 2 heterocycles. The molecule has 2 amide bonds. The highest BCUT2D eigenvalue weighted by Gasteiger charge is 2.27. The first-order valence-corrected chi connectivity index (χ1v) is 9.63. The van der Waals surface area contributed by atoms with Gasteiger partial charge in [0.25, 0.3) is 0 Å². The summed E-state index contributed by atoms with van der Waals surface area (Å²) in [6.07, 6.45) is 6.15. The van der Waals surface area contributed by atoms with Crippen molar-refractivity contribution in [2.75, 3.05) is 25.5 Å². The van der Waals surface area contributed by atoms with Gasteiger partial charge in [-0.15, -0.1) is 0 Å². The van der Waals surface area contributed by atoms with Crippen LogP contribution in [0.5, 0.6) is 5.75 Å². The summed E-state index contributed by atoms with van der Waals surface area (Å²) in [5, 5.41) is 6.96. The summed E-state index contributed by atoms with van der Waals surface area (Å²) in [7, 11) is 1.60. The summed E-state index contributed by atoms with van der Waals surface area (Å²) in [5.41, 5.74) is 0.742. The van der Waals surface area contributed by atoms with Gasteiger partial charge in [-0.1, -0.05) is 6.07 Å². The lowest BCUT2D eigenvalue weighted by Crippen LogP contribution is -2.42. The van der Waals surface area contributed by atoms with Crippen LogP contribution < -0.4 is 10.1 Å². The second kappa shape index (κ2) is 9.34. The van der Waals surface area contributed by atoms with Gasteiger partial charge in [0.1, 0.15) is 24.4 Å². The smallest absolute Gasteiger partial charge is 0.247 e. The van der Waals surface area contributed by atoms with Crippen molar-refractivity contribution >= 4 is 17.5 Å². The number of piperidine rings is 1. The van der Waals surface area contributed by atoms with Gasteiger partial charge >= 0.3 is 0 Å². The lowest BCUT2D eigenvalue weighted by molar-refractivity contribution is -0.136. The van der Waals surface area contributed by atoms with E-state index in [1.54, 1.807) is 24.2 Å². The number of anilines is 1. The van der Waals surface area contributed by atoms with E-state index in [0.29, 0.717) is 12.3 Å². The number of likely N-dealkylation sites (tertiary alicyclic amines) is 1. The molecule has 1 fully saturated rings. The molecular weight excluding hydrogens is 358 g/mol. The highest BCUT2D eigenvalue weighted by molar-refractivity contribution is 5.90. The van der Waals surface area contributed by atoms with Crippen LogP contribution in [0.2, 0.25) is 0 Å². The molecule has 2 aromatic rings. The van der Waals surface area contributed by atoms with Crippen molar-refractivity contribution in [1.29, 1.82) is 0 Å². The number of amides is 2. The molecule has 8 nitrogen and oxygen atoms in total. The molecule has 1 N–H and O–H groups in total. The quantitative estimate of drug-likeness (QED) is 0.791. The molecule has 1 aliphatic heterocycles. The van der Waals surface area contributed by atoms with Gasteiger partial charge in [-0.2, -0.15) is 5.10 Å². The van der Waals surface area contributed by atoms with Crippen LogP contribution in [0.25, 0.3) is 0 Å². The highest BCUT2D eigenvalue weighted by Crippen LogP contribution is 2.24. The van der Waals surface area contributed by atoms with Crippen LogP contribution in [-0.4, -0.2) is 51.7 Å². The first-order chi connectivity index (χ1) is 13.6. The molecule has 1 aliphatic rings. The predicted molar refractivity (Wildman–Crippen MR) is 105 cm³/mol. The molecule has 150 valence electrons. The Balaban J connectivity index is 1.40. The van der Waals surface area contributed by atoms with Crippen LogP contribution in [0.4, 0.5) is 5.69 Å². The first-order valence-electron chi connectivity index (χ1n) is 9.63. The number of methoxy groups -OCH3 is 1. The van der Waals surface area contributed by atoms with Crippen LogP contribution in [-0.2, 0) is 9.59 Å². The number of nitrogens with one attached hydrogen (secondary N) is 1. The number of nitrogens with zero attached hydrogens (tertiary/aromatic N) is 4. The Bertz CT molecular complexity index is 785. The van der Waals surface area contributed by atoms with Crippen molar-refractivity contribution in [3.63, 3.8) is 0 Å². The Morgan fingerprint density at radius 2 is 2.11 bits per heavy atom. The summed E-state index contributed by atoms with van der Waals surface area (Å²) < 4.78 is 6.75. The Kier molecular flexibility index (Phi) is 6.62. The Hall–Kier alpha value is -2.90. The van der Waals surface area contributed by atoms with Gasteiger partial charge in [0, 0.05) is 31.3 Å². The second-order valence-electron chi connectivity index (χ2n) is 7.14. The molecule has 0 bridgehead atoms. The zero-order valence-corrected chi connectivity index (χ0v) is 16.4. The molecule has 0 aliphatic carbocycles. The fraction of sp³-hybridized carbons (Fsp3) is 0.500. The normalized spacial score (nSPS) is 15.9. The molecule has 0 spiro atoms. The molecule has 0 saturated carbocycles. The van der Waals surface area contributed by atoms with E-state index >= 15 is 0 Å². The van der Waals surface area contributed by atoms with Gasteiger partial charge in [-0.3, -0.25) is 9.59 Å². The number of ether oxygens (including phenoxy) is 1. The van der Waals surface area contributed by atoms with Gasteiger partial charge in [0.2, 0.25) is 11.8 Å². The van der Waals surface area contributed by atoms with Crippen molar-refractivity contribution in [1.82, 2.24) is 19.7 Å². The van der Waals surface area contributed by atoms with Crippen molar-refractivity contribution in [3.05, 3.63) is 36.9 Å². The van der Waals surface area contributed by atoms with Gasteiger partial charge in [0.15, 0.2) is 0 Å². The van der Waals surface area contributed by atoms with Crippen LogP contribution in [0, 0.1) is 5.92 Å². The molecule has 8 heteroatoms. The topological polar surface area (TPSA) is 89.4 Å². The van der Waals surface area contributed by atoms with Crippen LogP contribution >= 0.6 is 0 Å². The SMILES string of the molecule is COc1cccc(NC(=O)CCC2CCN(C(=O)C(C)n3cncn3)CC2)c1. The van der Waals surface area contributed by atoms with E-state index in [0.717, 1.165) is 43.8 Å². The lowest BCUT2D eigenvalue weighted by Gasteiger charge is -2.33. The zero-order valence-electron chi connectivity index (χ0n) is 16.4. The molecule has 0 radical (unpaired) electrons. The van der Waals surface area contributed by atoms with Crippen LogP contribution in [0.15, 0.2) is 36.9 Å². The molecule has 28 heavy (non-hydrogen) atoms. The largest absolute Gasteiger partial charge is 0.497 e. The van der Waals surface area contributed by atoms with Gasteiger partial charge in [0.05, 0.1) is 7.11 Å². The third-order valence-corrected chi connectivity index (χ3v) is 5.25. The molecule has 1 saturated heterocycles.